The quantitative estimate of drug-likeness (QED) is 0.834. The minimum Gasteiger partial charge on any atom is -0.504 e. The number of phenolic OH excluding ortho intramolecular Hbond substituents is 2. The van der Waals surface area contributed by atoms with E-state index in [1.165, 1.54) is 6.07 Å². The third kappa shape index (κ3) is 3.29. The molecule has 2 heterocycles. The summed E-state index contributed by atoms with van der Waals surface area (Å²) in [4.78, 5) is 11.5. The molecule has 3 rings (SSSR count). The summed E-state index contributed by atoms with van der Waals surface area (Å²) in [5.74, 6) is 0.783. The number of aromatic nitrogens is 2. The molecule has 122 valence electrons. The first-order valence-corrected chi connectivity index (χ1v) is 7.92. The van der Waals surface area contributed by atoms with Crippen molar-refractivity contribution in [1.82, 2.24) is 14.9 Å². The van der Waals surface area contributed by atoms with Crippen molar-refractivity contribution in [2.24, 2.45) is 0 Å². The molecule has 5 nitrogen and oxygen atoms in total. The minimum atomic E-state index is -0.0712. The standard InChI is InChI=1S/C18H23N3O2/c1-18(2,3)17-19-9-13-11-21(8-7-14(13)20-17)10-12-5-4-6-15(22)16(12)23/h4-6,9,22-23H,7-8,10-11H2,1-3H3. The molecule has 23 heavy (non-hydrogen) atoms. The molecule has 2 aromatic rings. The number of rotatable bonds is 2. The Bertz CT molecular complexity index is 723. The molecule has 0 amide bonds. The molecular formula is C18H23N3O2. The summed E-state index contributed by atoms with van der Waals surface area (Å²) in [7, 11) is 0. The monoisotopic (exact) mass is 313 g/mol. The SMILES string of the molecule is CC(C)(C)c1ncc2c(n1)CCN(Cc1cccc(O)c1O)C2. The van der Waals surface area contributed by atoms with Gasteiger partial charge in [0.25, 0.3) is 0 Å². The second-order valence-electron chi connectivity index (χ2n) is 7.16. The maximum absolute atomic E-state index is 9.95. The fourth-order valence-corrected chi connectivity index (χ4v) is 2.82. The van der Waals surface area contributed by atoms with E-state index in [1.54, 1.807) is 6.07 Å². The average molecular weight is 313 g/mol. The van der Waals surface area contributed by atoms with Crippen molar-refractivity contribution in [3.63, 3.8) is 0 Å². The van der Waals surface area contributed by atoms with Crippen LogP contribution < -0.4 is 0 Å². The van der Waals surface area contributed by atoms with Gasteiger partial charge in [0.05, 0.1) is 0 Å². The molecule has 2 N–H and O–H groups in total. The van der Waals surface area contributed by atoms with Crippen LogP contribution in [0.1, 0.15) is 43.4 Å². The summed E-state index contributed by atoms with van der Waals surface area (Å²) in [6, 6.07) is 5.08. The summed E-state index contributed by atoms with van der Waals surface area (Å²) in [5.41, 5.74) is 2.96. The fourth-order valence-electron chi connectivity index (χ4n) is 2.82. The number of para-hydroxylation sites is 1. The lowest BCUT2D eigenvalue weighted by atomic mass is 9.95. The van der Waals surface area contributed by atoms with Crippen molar-refractivity contribution in [3.05, 3.63) is 47.0 Å². The molecule has 0 bridgehead atoms. The normalized spacial score (nSPS) is 15.4. The Balaban J connectivity index is 1.77. The molecule has 0 unspecified atom stereocenters. The van der Waals surface area contributed by atoms with Gasteiger partial charge in [0, 0.05) is 54.5 Å². The van der Waals surface area contributed by atoms with Gasteiger partial charge in [-0.25, -0.2) is 9.97 Å². The first-order chi connectivity index (χ1) is 10.8. The average Bonchev–Trinajstić information content (AvgIpc) is 2.50. The van der Waals surface area contributed by atoms with E-state index >= 15 is 0 Å². The molecule has 1 aliphatic rings. The highest BCUT2D eigenvalue weighted by molar-refractivity contribution is 5.44. The van der Waals surface area contributed by atoms with Crippen molar-refractivity contribution in [2.45, 2.75) is 45.7 Å². The van der Waals surface area contributed by atoms with E-state index in [1.807, 2.05) is 12.3 Å². The smallest absolute Gasteiger partial charge is 0.161 e. The van der Waals surface area contributed by atoms with E-state index < -0.39 is 0 Å². The summed E-state index contributed by atoms with van der Waals surface area (Å²) in [6.07, 6.45) is 2.80. The van der Waals surface area contributed by atoms with E-state index in [0.29, 0.717) is 6.54 Å². The molecule has 1 aromatic carbocycles. The molecular weight excluding hydrogens is 290 g/mol. The van der Waals surface area contributed by atoms with Gasteiger partial charge in [-0.05, 0) is 6.07 Å². The Morgan fingerprint density at radius 2 is 2.00 bits per heavy atom. The maximum Gasteiger partial charge on any atom is 0.161 e. The largest absolute Gasteiger partial charge is 0.504 e. The lowest BCUT2D eigenvalue weighted by Crippen LogP contribution is -2.32. The Morgan fingerprint density at radius 1 is 1.22 bits per heavy atom. The predicted octanol–water partition coefficient (Wildman–Crippen LogP) is 2.74. The van der Waals surface area contributed by atoms with Crippen molar-refractivity contribution >= 4 is 0 Å². The molecule has 1 aromatic heterocycles. The van der Waals surface area contributed by atoms with Crippen LogP contribution in [-0.4, -0.2) is 31.6 Å². The number of aromatic hydroxyl groups is 2. The van der Waals surface area contributed by atoms with Crippen LogP contribution in [0.2, 0.25) is 0 Å². The Hall–Kier alpha value is -2.14. The van der Waals surface area contributed by atoms with Crippen LogP contribution in [0.15, 0.2) is 24.4 Å². The summed E-state index contributed by atoms with van der Waals surface area (Å²) < 4.78 is 0. The number of fused-ring (bicyclic) bond motifs is 1. The molecule has 0 radical (unpaired) electrons. The van der Waals surface area contributed by atoms with Crippen LogP contribution in [-0.2, 0) is 24.9 Å². The Kier molecular flexibility index (Phi) is 3.98. The zero-order chi connectivity index (χ0) is 16.6. The molecule has 5 heteroatoms. The first-order valence-electron chi connectivity index (χ1n) is 7.92. The molecule has 0 fully saturated rings. The van der Waals surface area contributed by atoms with Crippen molar-refractivity contribution < 1.29 is 10.2 Å². The zero-order valence-corrected chi connectivity index (χ0v) is 13.9. The lowest BCUT2D eigenvalue weighted by molar-refractivity contribution is 0.238. The number of hydrogen-bond donors (Lipinski definition) is 2. The molecule has 0 atom stereocenters. The molecule has 0 aliphatic carbocycles. The van der Waals surface area contributed by atoms with Gasteiger partial charge >= 0.3 is 0 Å². The van der Waals surface area contributed by atoms with Gasteiger partial charge in [-0.3, -0.25) is 4.90 Å². The lowest BCUT2D eigenvalue weighted by Gasteiger charge is -2.29. The summed E-state index contributed by atoms with van der Waals surface area (Å²) in [5, 5.41) is 19.6. The van der Waals surface area contributed by atoms with Crippen LogP contribution in [0.4, 0.5) is 0 Å². The van der Waals surface area contributed by atoms with Gasteiger partial charge in [0.1, 0.15) is 5.82 Å². The van der Waals surface area contributed by atoms with Crippen molar-refractivity contribution in [1.29, 1.82) is 0 Å². The van der Waals surface area contributed by atoms with Crippen LogP contribution in [0.25, 0.3) is 0 Å². The Labute approximate surface area is 136 Å². The molecule has 0 spiro atoms. The van der Waals surface area contributed by atoms with Gasteiger partial charge in [-0.1, -0.05) is 32.9 Å². The van der Waals surface area contributed by atoms with Crippen molar-refractivity contribution in [3.8, 4) is 11.5 Å². The fraction of sp³-hybridized carbons (Fsp3) is 0.444. The van der Waals surface area contributed by atoms with E-state index in [9.17, 15) is 10.2 Å². The van der Waals surface area contributed by atoms with Gasteiger partial charge < -0.3 is 10.2 Å². The number of benzene rings is 1. The third-order valence-corrected chi connectivity index (χ3v) is 4.18. The van der Waals surface area contributed by atoms with E-state index in [0.717, 1.165) is 42.2 Å². The molecule has 1 aliphatic heterocycles. The predicted molar refractivity (Wildman–Crippen MR) is 88.3 cm³/mol. The summed E-state index contributed by atoms with van der Waals surface area (Å²) in [6.45, 7) is 8.59. The highest BCUT2D eigenvalue weighted by atomic mass is 16.3. The second kappa shape index (κ2) is 5.81. The molecule has 0 saturated heterocycles. The maximum atomic E-state index is 9.95. The first kappa shape index (κ1) is 15.7. The van der Waals surface area contributed by atoms with E-state index in [4.69, 9.17) is 4.98 Å². The van der Waals surface area contributed by atoms with Crippen LogP contribution >= 0.6 is 0 Å². The Morgan fingerprint density at radius 3 is 2.74 bits per heavy atom. The number of phenols is 2. The second-order valence-corrected chi connectivity index (χ2v) is 7.16. The van der Waals surface area contributed by atoms with Crippen LogP contribution in [0, 0.1) is 0 Å². The van der Waals surface area contributed by atoms with Gasteiger partial charge in [0.2, 0.25) is 0 Å². The highest BCUT2D eigenvalue weighted by Crippen LogP contribution is 2.30. The van der Waals surface area contributed by atoms with Crippen LogP contribution in [0.5, 0.6) is 11.5 Å². The number of hydrogen-bond acceptors (Lipinski definition) is 5. The topological polar surface area (TPSA) is 69.5 Å². The minimum absolute atomic E-state index is 0.0300. The van der Waals surface area contributed by atoms with Gasteiger partial charge in [0.15, 0.2) is 11.5 Å². The number of nitrogens with zero attached hydrogens (tertiary/aromatic N) is 3. The zero-order valence-electron chi connectivity index (χ0n) is 13.9. The van der Waals surface area contributed by atoms with E-state index in [2.05, 4.69) is 30.7 Å². The van der Waals surface area contributed by atoms with E-state index in [-0.39, 0.29) is 16.9 Å². The van der Waals surface area contributed by atoms with Crippen LogP contribution in [0.3, 0.4) is 0 Å². The van der Waals surface area contributed by atoms with Gasteiger partial charge in [-0.15, -0.1) is 0 Å². The third-order valence-electron chi connectivity index (χ3n) is 4.18. The summed E-state index contributed by atoms with van der Waals surface area (Å²) >= 11 is 0. The van der Waals surface area contributed by atoms with Gasteiger partial charge in [-0.2, -0.15) is 0 Å². The molecule has 0 saturated carbocycles. The van der Waals surface area contributed by atoms with Crippen molar-refractivity contribution in [2.75, 3.05) is 6.54 Å². The highest BCUT2D eigenvalue weighted by Gasteiger charge is 2.23.